The molecule has 0 unspecified atom stereocenters. The summed E-state index contributed by atoms with van der Waals surface area (Å²) in [5.41, 5.74) is 5.85. The normalized spacial score (nSPS) is 9.62. The Morgan fingerprint density at radius 1 is 1.43 bits per heavy atom. The van der Waals surface area contributed by atoms with Gasteiger partial charge in [0.15, 0.2) is 5.13 Å². The van der Waals surface area contributed by atoms with Crippen molar-refractivity contribution in [2.24, 2.45) is 5.73 Å². The van der Waals surface area contributed by atoms with Crippen molar-refractivity contribution in [1.82, 2.24) is 4.98 Å². The molecule has 0 atom stereocenters. The highest BCUT2D eigenvalue weighted by Gasteiger charge is 2.08. The van der Waals surface area contributed by atoms with Crippen molar-refractivity contribution >= 4 is 22.4 Å². The van der Waals surface area contributed by atoms with Crippen LogP contribution in [0.15, 0.2) is 30.5 Å². The summed E-state index contributed by atoms with van der Waals surface area (Å²) in [6, 6.07) is 6.95. The molecule has 0 saturated carbocycles. The van der Waals surface area contributed by atoms with E-state index in [-0.39, 0.29) is 5.91 Å². The van der Waals surface area contributed by atoms with Crippen LogP contribution in [0.3, 0.4) is 0 Å². The highest BCUT2D eigenvalue weighted by Crippen LogP contribution is 2.18. The lowest BCUT2D eigenvalue weighted by Crippen LogP contribution is -2.11. The van der Waals surface area contributed by atoms with Gasteiger partial charge in [-0.3, -0.25) is 10.1 Å². The second-order valence-corrected chi connectivity index (χ2v) is 4.98. The summed E-state index contributed by atoms with van der Waals surface area (Å²) >= 11 is 1.31. The molecule has 108 valence electrons. The molecule has 1 aromatic carbocycles. The Morgan fingerprint density at radius 2 is 2.19 bits per heavy atom. The molecule has 0 radical (unpaired) electrons. The maximum atomic E-state index is 12.1. The fourth-order valence-electron chi connectivity index (χ4n) is 1.57. The van der Waals surface area contributed by atoms with Gasteiger partial charge in [0.25, 0.3) is 5.91 Å². The summed E-state index contributed by atoms with van der Waals surface area (Å²) in [5, 5.41) is 3.24. The molecule has 2 aromatic rings. The van der Waals surface area contributed by atoms with Crippen LogP contribution < -0.4 is 15.8 Å². The molecule has 1 aromatic heterocycles. The number of nitrogens with one attached hydrogen (secondary N) is 1. The molecule has 0 saturated heterocycles. The lowest BCUT2D eigenvalue weighted by atomic mass is 10.2. The fraction of sp³-hybridized carbons (Fsp3) is 0.200. The van der Waals surface area contributed by atoms with E-state index in [1.54, 1.807) is 30.5 Å². The summed E-state index contributed by atoms with van der Waals surface area (Å²) in [6.07, 6.45) is 1.61. The maximum absolute atomic E-state index is 12.1. The van der Waals surface area contributed by atoms with Gasteiger partial charge in [-0.1, -0.05) is 23.2 Å². The van der Waals surface area contributed by atoms with E-state index in [0.717, 1.165) is 10.6 Å². The number of ether oxygens (including phenoxy) is 1. The average Bonchev–Trinajstić information content (AvgIpc) is 2.93. The molecule has 0 aliphatic heterocycles. The average molecular weight is 301 g/mol. The van der Waals surface area contributed by atoms with Crippen LogP contribution in [-0.4, -0.2) is 24.0 Å². The SMILES string of the molecule is CCOc1ccc(C(=O)Nc2ncc(C#CCN)s2)cc1. The monoisotopic (exact) mass is 301 g/mol. The van der Waals surface area contributed by atoms with E-state index in [2.05, 4.69) is 22.1 Å². The molecular weight excluding hydrogens is 286 g/mol. The first kappa shape index (κ1) is 15.0. The van der Waals surface area contributed by atoms with Gasteiger partial charge in [-0.05, 0) is 31.2 Å². The van der Waals surface area contributed by atoms with Crippen LogP contribution in [0.25, 0.3) is 0 Å². The molecule has 5 nitrogen and oxygen atoms in total. The predicted molar refractivity (Wildman–Crippen MR) is 83.6 cm³/mol. The Hall–Kier alpha value is -2.36. The Kier molecular flexibility index (Phi) is 5.32. The van der Waals surface area contributed by atoms with Gasteiger partial charge >= 0.3 is 0 Å². The Balaban J connectivity index is 2.02. The number of nitrogens with two attached hydrogens (primary N) is 1. The third kappa shape index (κ3) is 4.31. The number of carbonyl (C=O) groups is 1. The van der Waals surface area contributed by atoms with Crippen molar-refractivity contribution in [2.75, 3.05) is 18.5 Å². The Labute approximate surface area is 127 Å². The quantitative estimate of drug-likeness (QED) is 0.848. The number of hydrogen-bond acceptors (Lipinski definition) is 5. The van der Waals surface area contributed by atoms with Gasteiger partial charge in [-0.2, -0.15) is 0 Å². The van der Waals surface area contributed by atoms with Crippen molar-refractivity contribution < 1.29 is 9.53 Å². The lowest BCUT2D eigenvalue weighted by Gasteiger charge is -2.04. The third-order valence-electron chi connectivity index (χ3n) is 2.47. The molecule has 3 N–H and O–H groups in total. The van der Waals surface area contributed by atoms with Gasteiger partial charge in [-0.15, -0.1) is 0 Å². The second kappa shape index (κ2) is 7.43. The summed E-state index contributed by atoms with van der Waals surface area (Å²) in [4.78, 5) is 16.9. The molecule has 0 fully saturated rings. The number of amides is 1. The topological polar surface area (TPSA) is 77.2 Å². The number of anilines is 1. The van der Waals surface area contributed by atoms with Gasteiger partial charge < -0.3 is 10.5 Å². The standard InChI is InChI=1S/C15H15N3O2S/c1-2-20-12-7-5-11(6-8-12)14(19)18-15-17-10-13(21-15)4-3-9-16/h5-8,10H,2,9,16H2,1H3,(H,17,18,19). The smallest absolute Gasteiger partial charge is 0.257 e. The molecule has 21 heavy (non-hydrogen) atoms. The summed E-state index contributed by atoms with van der Waals surface area (Å²) in [7, 11) is 0. The summed E-state index contributed by atoms with van der Waals surface area (Å²) < 4.78 is 5.33. The zero-order valence-electron chi connectivity index (χ0n) is 11.6. The van der Waals surface area contributed by atoms with E-state index in [0.29, 0.717) is 23.8 Å². The van der Waals surface area contributed by atoms with Gasteiger partial charge in [0.1, 0.15) is 5.75 Å². The lowest BCUT2D eigenvalue weighted by molar-refractivity contribution is 0.102. The molecule has 2 rings (SSSR count). The molecule has 0 aliphatic carbocycles. The van der Waals surface area contributed by atoms with Gasteiger partial charge in [0.05, 0.1) is 24.2 Å². The third-order valence-corrected chi connectivity index (χ3v) is 3.30. The highest BCUT2D eigenvalue weighted by molar-refractivity contribution is 7.16. The second-order valence-electron chi connectivity index (χ2n) is 3.95. The first-order valence-corrected chi connectivity index (χ1v) is 7.23. The molecule has 6 heteroatoms. The first-order valence-electron chi connectivity index (χ1n) is 6.42. The van der Waals surface area contributed by atoms with Crippen LogP contribution in [0, 0.1) is 11.8 Å². The fourth-order valence-corrected chi connectivity index (χ4v) is 2.25. The first-order chi connectivity index (χ1) is 10.2. The van der Waals surface area contributed by atoms with Gasteiger partial charge in [-0.25, -0.2) is 4.98 Å². The van der Waals surface area contributed by atoms with Gasteiger partial charge in [0.2, 0.25) is 0 Å². The molecular formula is C15H15N3O2S. The van der Waals surface area contributed by atoms with E-state index in [1.165, 1.54) is 11.3 Å². The van der Waals surface area contributed by atoms with Crippen LogP contribution in [0.5, 0.6) is 5.75 Å². The largest absolute Gasteiger partial charge is 0.494 e. The number of rotatable bonds is 4. The summed E-state index contributed by atoms with van der Waals surface area (Å²) in [5.74, 6) is 6.14. The zero-order valence-corrected chi connectivity index (χ0v) is 12.4. The molecule has 0 spiro atoms. The van der Waals surface area contributed by atoms with Crippen molar-refractivity contribution in [2.45, 2.75) is 6.92 Å². The number of aromatic nitrogens is 1. The van der Waals surface area contributed by atoms with Crippen LogP contribution in [0.4, 0.5) is 5.13 Å². The van der Waals surface area contributed by atoms with E-state index in [4.69, 9.17) is 10.5 Å². The number of benzene rings is 1. The molecule has 0 bridgehead atoms. The van der Waals surface area contributed by atoms with Crippen molar-refractivity contribution in [3.05, 3.63) is 40.9 Å². The van der Waals surface area contributed by atoms with Crippen LogP contribution in [-0.2, 0) is 0 Å². The minimum absolute atomic E-state index is 0.217. The van der Waals surface area contributed by atoms with Crippen LogP contribution in [0.1, 0.15) is 22.2 Å². The van der Waals surface area contributed by atoms with Crippen LogP contribution >= 0.6 is 11.3 Å². The zero-order chi connectivity index (χ0) is 15.1. The molecule has 0 aliphatic rings. The Morgan fingerprint density at radius 3 is 2.86 bits per heavy atom. The van der Waals surface area contributed by atoms with Crippen molar-refractivity contribution in [3.63, 3.8) is 0 Å². The Bertz CT molecular complexity index is 668. The number of carbonyl (C=O) groups excluding carboxylic acids is 1. The molecule has 1 heterocycles. The van der Waals surface area contributed by atoms with Crippen molar-refractivity contribution in [1.29, 1.82) is 0 Å². The van der Waals surface area contributed by atoms with Crippen molar-refractivity contribution in [3.8, 4) is 17.6 Å². The maximum Gasteiger partial charge on any atom is 0.257 e. The van der Waals surface area contributed by atoms with Crippen LogP contribution in [0.2, 0.25) is 0 Å². The van der Waals surface area contributed by atoms with Gasteiger partial charge in [0, 0.05) is 5.56 Å². The van der Waals surface area contributed by atoms with E-state index in [9.17, 15) is 4.79 Å². The number of nitrogens with zero attached hydrogens (tertiary/aromatic N) is 1. The van der Waals surface area contributed by atoms with E-state index < -0.39 is 0 Å². The minimum atomic E-state index is -0.217. The summed E-state index contributed by atoms with van der Waals surface area (Å²) in [6.45, 7) is 2.80. The van der Waals surface area contributed by atoms with E-state index >= 15 is 0 Å². The number of thiazole rings is 1. The predicted octanol–water partition coefficient (Wildman–Crippen LogP) is 2.10. The minimum Gasteiger partial charge on any atom is -0.494 e. The number of hydrogen-bond donors (Lipinski definition) is 2. The van der Waals surface area contributed by atoms with E-state index in [1.807, 2.05) is 6.92 Å². The highest BCUT2D eigenvalue weighted by atomic mass is 32.1. The molecule has 1 amide bonds.